The molecular weight excluding hydrogens is 266 g/mol. The van der Waals surface area contributed by atoms with Gasteiger partial charge in [-0.1, -0.05) is 15.9 Å². The van der Waals surface area contributed by atoms with Crippen molar-refractivity contribution in [2.24, 2.45) is 0 Å². The van der Waals surface area contributed by atoms with E-state index < -0.39 is 0 Å². The summed E-state index contributed by atoms with van der Waals surface area (Å²) in [5.74, 6) is 0. The highest BCUT2D eigenvalue weighted by Gasteiger charge is 2.50. The molecule has 0 aromatic heterocycles. The lowest BCUT2D eigenvalue weighted by molar-refractivity contribution is -0.949. The normalized spacial score (nSPS) is 42.6. The molecule has 0 aliphatic carbocycles. The minimum absolute atomic E-state index is 0.00811. The summed E-state index contributed by atoms with van der Waals surface area (Å²) in [7, 11) is 2.43. The molecule has 94 valence electrons. The monoisotopic (exact) mass is 290 g/mol. The minimum Gasteiger partial charge on any atom is -0.393 e. The number of aliphatic hydroxyl groups excluding tert-OH is 1. The van der Waals surface area contributed by atoms with Crippen molar-refractivity contribution >= 4 is 15.9 Å². The molecule has 0 spiro atoms. The summed E-state index contributed by atoms with van der Waals surface area (Å²) >= 11 is 3.49. The van der Waals surface area contributed by atoms with E-state index in [9.17, 15) is 5.11 Å². The zero-order chi connectivity index (χ0) is 11.6. The molecule has 2 fully saturated rings. The fraction of sp³-hybridized carbons (Fsp3) is 1.00. The van der Waals surface area contributed by atoms with Crippen LogP contribution in [0.3, 0.4) is 0 Å². The van der Waals surface area contributed by atoms with Crippen LogP contribution in [0.5, 0.6) is 0 Å². The number of nitrogens with zero attached hydrogens (tertiary/aromatic N) is 1. The second-order valence-corrected chi connectivity index (χ2v) is 6.62. The van der Waals surface area contributed by atoms with E-state index >= 15 is 0 Å². The van der Waals surface area contributed by atoms with E-state index in [1.165, 1.54) is 43.1 Å². The maximum absolute atomic E-state index is 9.82. The third-order valence-electron chi connectivity index (χ3n) is 4.86. The van der Waals surface area contributed by atoms with Crippen molar-refractivity contribution in [3.8, 4) is 0 Å². The van der Waals surface area contributed by atoms with E-state index in [4.69, 9.17) is 0 Å². The molecule has 1 N–H and O–H groups in total. The van der Waals surface area contributed by atoms with Crippen LogP contribution in [0, 0.1) is 0 Å². The molecule has 16 heavy (non-hydrogen) atoms. The summed E-state index contributed by atoms with van der Waals surface area (Å²) in [6.07, 6.45) is 8.78. The van der Waals surface area contributed by atoms with Crippen molar-refractivity contribution in [3.63, 3.8) is 0 Å². The Kier molecular flexibility index (Phi) is 4.31. The average Bonchev–Trinajstić information content (AvgIpc) is 2.46. The Balaban J connectivity index is 1.87. The Morgan fingerprint density at radius 3 is 2.31 bits per heavy atom. The number of unbranched alkanes of at least 4 members (excludes halogenated alkanes) is 2. The van der Waals surface area contributed by atoms with Crippen LogP contribution in [0.15, 0.2) is 0 Å². The maximum Gasteiger partial charge on any atom is 0.0917 e. The highest BCUT2D eigenvalue weighted by atomic mass is 79.9. The van der Waals surface area contributed by atoms with Gasteiger partial charge >= 0.3 is 0 Å². The van der Waals surface area contributed by atoms with Crippen molar-refractivity contribution in [2.45, 2.75) is 63.1 Å². The van der Waals surface area contributed by atoms with Crippen molar-refractivity contribution < 1.29 is 9.59 Å². The predicted octanol–water partition coefficient (Wildman–Crippen LogP) is 2.68. The molecule has 2 nitrogen and oxygen atoms in total. The van der Waals surface area contributed by atoms with E-state index in [1.807, 2.05) is 0 Å². The lowest BCUT2D eigenvalue weighted by Gasteiger charge is -2.46. The summed E-state index contributed by atoms with van der Waals surface area (Å²) in [6.45, 7) is 1.33. The van der Waals surface area contributed by atoms with Crippen molar-refractivity contribution in [1.29, 1.82) is 0 Å². The molecule has 2 aliphatic heterocycles. The van der Waals surface area contributed by atoms with Gasteiger partial charge in [0.2, 0.25) is 0 Å². The number of hydrogen-bond acceptors (Lipinski definition) is 1. The van der Waals surface area contributed by atoms with E-state index in [-0.39, 0.29) is 6.10 Å². The number of alkyl halides is 1. The van der Waals surface area contributed by atoms with Gasteiger partial charge in [0.25, 0.3) is 0 Å². The highest BCUT2D eigenvalue weighted by molar-refractivity contribution is 9.09. The Morgan fingerprint density at radius 1 is 1.12 bits per heavy atom. The Bertz CT molecular complexity index is 220. The molecule has 2 bridgehead atoms. The first-order chi connectivity index (χ1) is 7.66. The number of quaternary nitrogens is 1. The van der Waals surface area contributed by atoms with Crippen LogP contribution in [0.25, 0.3) is 0 Å². The van der Waals surface area contributed by atoms with Crippen molar-refractivity contribution in [2.75, 3.05) is 18.9 Å². The van der Waals surface area contributed by atoms with Crippen LogP contribution in [0.2, 0.25) is 0 Å². The number of hydrogen-bond donors (Lipinski definition) is 1. The van der Waals surface area contributed by atoms with Gasteiger partial charge < -0.3 is 9.59 Å². The van der Waals surface area contributed by atoms with Crippen molar-refractivity contribution in [3.05, 3.63) is 0 Å². The van der Waals surface area contributed by atoms with E-state index in [0.29, 0.717) is 0 Å². The van der Waals surface area contributed by atoms with Gasteiger partial charge in [-0.25, -0.2) is 0 Å². The van der Waals surface area contributed by atoms with Gasteiger partial charge in [-0.3, -0.25) is 0 Å². The van der Waals surface area contributed by atoms with Crippen LogP contribution in [0.4, 0.5) is 0 Å². The number of rotatable bonds is 5. The maximum atomic E-state index is 9.82. The third-order valence-corrected chi connectivity index (χ3v) is 5.42. The van der Waals surface area contributed by atoms with Gasteiger partial charge in [0.15, 0.2) is 0 Å². The Labute approximate surface area is 108 Å². The fourth-order valence-corrected chi connectivity index (χ4v) is 4.20. The fourth-order valence-electron chi connectivity index (χ4n) is 3.80. The molecule has 0 saturated carbocycles. The first kappa shape index (κ1) is 12.8. The SMILES string of the molecule is C[N+]1(CCCCCBr)C2CCC1CC(O)C2. The van der Waals surface area contributed by atoms with Crippen LogP contribution < -0.4 is 0 Å². The second-order valence-electron chi connectivity index (χ2n) is 5.83. The summed E-state index contributed by atoms with van der Waals surface area (Å²) < 4.78 is 1.26. The second kappa shape index (κ2) is 5.36. The lowest BCUT2D eigenvalue weighted by atomic mass is 9.96. The zero-order valence-electron chi connectivity index (χ0n) is 10.4. The molecule has 2 aliphatic rings. The number of halogens is 1. The molecular formula is C13H25BrNO+. The molecule has 2 unspecified atom stereocenters. The molecule has 0 aromatic rings. The summed E-state index contributed by atoms with van der Waals surface area (Å²) in [5.41, 5.74) is 0. The molecule has 2 heterocycles. The number of aliphatic hydroxyl groups is 1. The Hall–Kier alpha value is 0.400. The first-order valence-corrected chi connectivity index (χ1v) is 7.88. The predicted molar refractivity (Wildman–Crippen MR) is 70.7 cm³/mol. The molecule has 2 rings (SSSR count). The molecule has 0 amide bonds. The average molecular weight is 291 g/mol. The van der Waals surface area contributed by atoms with Gasteiger partial charge in [-0.15, -0.1) is 0 Å². The zero-order valence-corrected chi connectivity index (χ0v) is 12.0. The third kappa shape index (κ3) is 2.46. The molecule has 3 heteroatoms. The van der Waals surface area contributed by atoms with Crippen molar-refractivity contribution in [1.82, 2.24) is 0 Å². The van der Waals surface area contributed by atoms with Gasteiger partial charge in [0.05, 0.1) is 31.8 Å². The largest absolute Gasteiger partial charge is 0.393 e. The number of fused-ring (bicyclic) bond motifs is 2. The molecule has 0 aromatic carbocycles. The van der Waals surface area contributed by atoms with Crippen LogP contribution in [-0.2, 0) is 0 Å². The van der Waals surface area contributed by atoms with E-state index in [0.717, 1.165) is 30.3 Å². The van der Waals surface area contributed by atoms with Crippen LogP contribution in [0.1, 0.15) is 44.9 Å². The van der Waals surface area contributed by atoms with Gasteiger partial charge in [-0.2, -0.15) is 0 Å². The van der Waals surface area contributed by atoms with Gasteiger partial charge in [0.1, 0.15) is 0 Å². The quantitative estimate of drug-likeness (QED) is 0.469. The molecule has 2 saturated heterocycles. The van der Waals surface area contributed by atoms with E-state index in [2.05, 4.69) is 23.0 Å². The standard InChI is InChI=1S/C13H25BrNO/c1-15(8-4-2-3-7-14)11-5-6-12(15)10-13(16)9-11/h11-13,16H,2-10H2,1H3/q+1. The molecule has 2 atom stereocenters. The van der Waals surface area contributed by atoms with Gasteiger partial charge in [0, 0.05) is 31.0 Å². The topological polar surface area (TPSA) is 20.2 Å². The highest BCUT2D eigenvalue weighted by Crippen LogP contribution is 2.41. The first-order valence-electron chi connectivity index (χ1n) is 6.75. The number of piperidine rings is 1. The smallest absolute Gasteiger partial charge is 0.0917 e. The van der Waals surface area contributed by atoms with E-state index in [1.54, 1.807) is 0 Å². The van der Waals surface area contributed by atoms with Gasteiger partial charge in [-0.05, 0) is 19.3 Å². The Morgan fingerprint density at radius 2 is 1.75 bits per heavy atom. The minimum atomic E-state index is -0.00811. The summed E-state index contributed by atoms with van der Waals surface area (Å²) in [6, 6.07) is 1.50. The van der Waals surface area contributed by atoms with Crippen LogP contribution >= 0.6 is 15.9 Å². The lowest BCUT2D eigenvalue weighted by Crippen LogP contribution is -2.58. The summed E-state index contributed by atoms with van der Waals surface area (Å²) in [4.78, 5) is 0. The summed E-state index contributed by atoms with van der Waals surface area (Å²) in [5, 5.41) is 11.0. The molecule has 0 radical (unpaired) electrons. The van der Waals surface area contributed by atoms with Crippen LogP contribution in [-0.4, -0.2) is 46.7 Å².